The van der Waals surface area contributed by atoms with E-state index in [1.807, 2.05) is 30.3 Å². The number of rotatable bonds is 7. The van der Waals surface area contributed by atoms with Crippen LogP contribution >= 0.6 is 11.6 Å². The summed E-state index contributed by atoms with van der Waals surface area (Å²) in [6.45, 7) is 9.24. The van der Waals surface area contributed by atoms with Crippen LogP contribution in [-0.4, -0.2) is 22.1 Å². The molecule has 5 rings (SSSR count). The van der Waals surface area contributed by atoms with Crippen LogP contribution in [0.25, 0.3) is 10.9 Å². The molecule has 9 heteroatoms. The van der Waals surface area contributed by atoms with Gasteiger partial charge in [0.15, 0.2) is 0 Å². The van der Waals surface area contributed by atoms with Gasteiger partial charge in [-0.05, 0) is 48.9 Å². The largest absolute Gasteiger partial charge is 0.383 e. The molecule has 0 saturated heterocycles. The lowest BCUT2D eigenvalue weighted by Gasteiger charge is -2.24. The number of fused-ring (bicyclic) bond motifs is 1. The minimum Gasteiger partial charge on any atom is -0.383 e. The lowest BCUT2D eigenvalue weighted by atomic mass is 9.96. The Kier molecular flexibility index (Phi) is 6.56. The molecule has 4 N–H and O–H groups in total. The number of nitrogens with zero attached hydrogens (tertiary/aromatic N) is 4. The number of benzene rings is 2. The van der Waals surface area contributed by atoms with Gasteiger partial charge in [-0.2, -0.15) is 10.5 Å². The van der Waals surface area contributed by atoms with Crippen molar-refractivity contribution in [2.45, 2.75) is 52.1 Å². The topological polar surface area (TPSA) is 112 Å². The van der Waals surface area contributed by atoms with Gasteiger partial charge >= 0.3 is 0 Å². The fraction of sp³-hybridized carbons (Fsp3) is 0.345. The van der Waals surface area contributed by atoms with Crippen LogP contribution in [-0.2, 0) is 0 Å². The Balaban J connectivity index is 1.60. The Morgan fingerprint density at radius 1 is 1.16 bits per heavy atom. The first kappa shape index (κ1) is 25.7. The van der Waals surface area contributed by atoms with Crippen molar-refractivity contribution in [3.05, 3.63) is 76.2 Å². The average Bonchev–Trinajstić information content (AvgIpc) is 3.44. The van der Waals surface area contributed by atoms with Crippen molar-refractivity contribution in [3.63, 3.8) is 0 Å². The smallest absolute Gasteiger partial charge is 0.103 e. The molecule has 2 aromatic carbocycles. The summed E-state index contributed by atoms with van der Waals surface area (Å²) in [6.07, 6.45) is 5.83. The molecule has 0 amide bonds. The summed E-state index contributed by atoms with van der Waals surface area (Å²) in [7, 11) is 0. The van der Waals surface area contributed by atoms with Crippen LogP contribution in [0.2, 0.25) is 5.02 Å². The maximum Gasteiger partial charge on any atom is 0.103 e. The number of hydrazine groups is 2. The van der Waals surface area contributed by atoms with E-state index in [2.05, 4.69) is 77.6 Å². The van der Waals surface area contributed by atoms with E-state index in [9.17, 15) is 10.5 Å². The molecule has 0 radical (unpaired) electrons. The lowest BCUT2D eigenvalue weighted by Crippen LogP contribution is -2.43. The van der Waals surface area contributed by atoms with Gasteiger partial charge in [0.25, 0.3) is 0 Å². The number of aromatic nitrogens is 1. The first-order chi connectivity index (χ1) is 18.1. The zero-order chi connectivity index (χ0) is 27.1. The van der Waals surface area contributed by atoms with Crippen LogP contribution in [0.5, 0.6) is 0 Å². The molecule has 3 aromatic rings. The summed E-state index contributed by atoms with van der Waals surface area (Å²) in [5.41, 5.74) is 11.3. The fourth-order valence-corrected chi connectivity index (χ4v) is 4.73. The number of halogens is 1. The summed E-state index contributed by atoms with van der Waals surface area (Å²) in [5.74, 6) is 0. The first-order valence-corrected chi connectivity index (χ1v) is 13.0. The van der Waals surface area contributed by atoms with E-state index in [0.29, 0.717) is 45.0 Å². The quantitative estimate of drug-likeness (QED) is 0.298. The maximum absolute atomic E-state index is 10.0. The molecule has 1 atom stereocenters. The third-order valence-corrected chi connectivity index (χ3v) is 7.33. The second-order valence-corrected chi connectivity index (χ2v) is 11.8. The van der Waals surface area contributed by atoms with Crippen molar-refractivity contribution in [2.75, 3.05) is 17.2 Å². The molecule has 1 aliphatic carbocycles. The molecule has 0 bridgehead atoms. The Hall–Kier alpha value is -3.98. The zero-order valence-corrected chi connectivity index (χ0v) is 22.7. The van der Waals surface area contributed by atoms with Crippen molar-refractivity contribution in [1.29, 1.82) is 10.5 Å². The van der Waals surface area contributed by atoms with Gasteiger partial charge in [0, 0.05) is 35.0 Å². The van der Waals surface area contributed by atoms with Gasteiger partial charge in [0.1, 0.15) is 12.1 Å². The summed E-state index contributed by atoms with van der Waals surface area (Å²) < 4.78 is 0. The molecule has 0 spiro atoms. The first-order valence-electron chi connectivity index (χ1n) is 12.7. The monoisotopic (exact) mass is 526 g/mol. The minimum atomic E-state index is -0.328. The van der Waals surface area contributed by atoms with Crippen molar-refractivity contribution in [3.8, 4) is 12.1 Å². The maximum atomic E-state index is 10.0. The predicted molar refractivity (Wildman–Crippen MR) is 151 cm³/mol. The highest BCUT2D eigenvalue weighted by Gasteiger charge is 2.44. The van der Waals surface area contributed by atoms with Crippen molar-refractivity contribution in [2.24, 2.45) is 5.41 Å². The van der Waals surface area contributed by atoms with Gasteiger partial charge < -0.3 is 16.1 Å². The molecule has 194 valence electrons. The number of pyridine rings is 1. The van der Waals surface area contributed by atoms with Crippen LogP contribution in [0.4, 0.5) is 11.4 Å². The molecule has 1 saturated carbocycles. The highest BCUT2D eigenvalue weighted by molar-refractivity contribution is 6.31. The third kappa shape index (κ3) is 5.06. The SMILES string of the molecule is CC(C)(C)CNc1c(C#N)cnc2c(C#N)cc(N[C@H](C3=CN(C4(C)CC4)NN3)c3ccccc3Cl)cc12. The highest BCUT2D eigenvalue weighted by atomic mass is 35.5. The van der Waals surface area contributed by atoms with Crippen LogP contribution in [0.3, 0.4) is 0 Å². The standard InChI is InChI=1S/C29H31ClN8/c1-28(2,3)17-34-26-19(14-32)15-33-25-18(13-31)11-20(12-22(25)26)35-27(21-7-5-6-8-23(21)30)24-16-38(37-36-24)29(4)9-10-29/h5-8,11-12,15-16,27,35-37H,9-10,17H2,1-4H3,(H,33,34)/t27-/m0/s1. The van der Waals surface area contributed by atoms with E-state index in [1.54, 1.807) is 6.07 Å². The van der Waals surface area contributed by atoms with Crippen molar-refractivity contribution < 1.29 is 0 Å². The number of nitriles is 2. The summed E-state index contributed by atoms with van der Waals surface area (Å²) in [5, 5.41) is 30.3. The van der Waals surface area contributed by atoms with Crippen LogP contribution in [0.1, 0.15) is 63.3 Å². The van der Waals surface area contributed by atoms with Crippen molar-refractivity contribution in [1.82, 2.24) is 21.0 Å². The lowest BCUT2D eigenvalue weighted by molar-refractivity contribution is 0.190. The van der Waals surface area contributed by atoms with Gasteiger partial charge in [0.2, 0.25) is 0 Å². The fourth-order valence-electron chi connectivity index (χ4n) is 4.49. The number of hydrogen-bond acceptors (Lipinski definition) is 8. The van der Waals surface area contributed by atoms with E-state index >= 15 is 0 Å². The van der Waals surface area contributed by atoms with Gasteiger partial charge in [-0.15, -0.1) is 5.53 Å². The normalized spacial score (nSPS) is 16.7. The molecule has 1 fully saturated rings. The molecule has 8 nitrogen and oxygen atoms in total. The Labute approximate surface area is 228 Å². The van der Waals surface area contributed by atoms with Gasteiger partial charge in [-0.25, -0.2) is 0 Å². The number of hydrogen-bond donors (Lipinski definition) is 4. The molecule has 2 aliphatic rings. The molecule has 0 unspecified atom stereocenters. The summed E-state index contributed by atoms with van der Waals surface area (Å²) in [4.78, 5) is 4.47. The number of nitrogens with one attached hydrogen (secondary N) is 4. The zero-order valence-electron chi connectivity index (χ0n) is 22.0. The predicted octanol–water partition coefficient (Wildman–Crippen LogP) is 5.96. The van der Waals surface area contributed by atoms with E-state index in [1.165, 1.54) is 6.20 Å². The molecule has 1 aliphatic heterocycles. The van der Waals surface area contributed by atoms with Crippen LogP contribution in [0.15, 0.2) is 54.5 Å². The third-order valence-electron chi connectivity index (χ3n) is 6.99. The molecular weight excluding hydrogens is 496 g/mol. The average molecular weight is 527 g/mol. The van der Waals surface area contributed by atoms with Crippen LogP contribution in [0, 0.1) is 28.1 Å². The van der Waals surface area contributed by atoms with Crippen LogP contribution < -0.4 is 21.6 Å². The van der Waals surface area contributed by atoms with Crippen molar-refractivity contribution >= 4 is 33.9 Å². The summed E-state index contributed by atoms with van der Waals surface area (Å²) in [6, 6.07) is 15.7. The Morgan fingerprint density at radius 2 is 1.89 bits per heavy atom. The molecule has 2 heterocycles. The Bertz CT molecular complexity index is 1500. The Morgan fingerprint density at radius 3 is 2.55 bits per heavy atom. The van der Waals surface area contributed by atoms with Gasteiger partial charge in [-0.3, -0.25) is 9.99 Å². The van der Waals surface area contributed by atoms with E-state index in [0.717, 1.165) is 24.1 Å². The van der Waals surface area contributed by atoms with E-state index in [-0.39, 0.29) is 17.0 Å². The second-order valence-electron chi connectivity index (χ2n) is 11.4. The number of anilines is 2. The summed E-state index contributed by atoms with van der Waals surface area (Å²) >= 11 is 6.67. The highest BCUT2D eigenvalue weighted by Crippen LogP contribution is 2.42. The molecular formula is C29H31ClN8. The molecule has 38 heavy (non-hydrogen) atoms. The van der Waals surface area contributed by atoms with E-state index in [4.69, 9.17) is 11.6 Å². The molecule has 1 aromatic heterocycles. The van der Waals surface area contributed by atoms with Gasteiger partial charge in [0.05, 0.1) is 39.6 Å². The minimum absolute atomic E-state index is 0.0108. The van der Waals surface area contributed by atoms with E-state index < -0.39 is 0 Å². The second kappa shape index (κ2) is 9.72. The van der Waals surface area contributed by atoms with Gasteiger partial charge in [-0.1, -0.05) is 50.6 Å².